The minimum Gasteiger partial charge on any atom is -0.388 e. The monoisotopic (exact) mass is 480 g/mol. The van der Waals surface area contributed by atoms with Crippen LogP contribution < -0.4 is 5.32 Å². The Bertz CT molecular complexity index is 914. The van der Waals surface area contributed by atoms with Gasteiger partial charge in [-0.15, -0.1) is 0 Å². The number of hydrogen-bond acceptors (Lipinski definition) is 5. The normalized spacial score (nSPS) is 12.4. The Hall–Kier alpha value is -2.97. The molecule has 0 bridgehead atoms. The van der Waals surface area contributed by atoms with Gasteiger partial charge in [0.1, 0.15) is 11.6 Å². The molecule has 0 spiro atoms. The molecule has 1 unspecified atom stereocenters. The van der Waals surface area contributed by atoms with Gasteiger partial charge in [-0.05, 0) is 63.0 Å². The van der Waals surface area contributed by atoms with Gasteiger partial charge in [0.15, 0.2) is 0 Å². The standard InChI is InChI=1S/C27H40N6O2/c1-3-16-33(17-4-2)18-6-5-11-32-27(35)22-9-7-21(8-10-22)26(34)23(19-24-28-12-13-29-24)20-25-30-14-15-31-25/h7-10,12-15,23,26,34H,3-6,11,16-20H2,1-2H3,(H,28,29)(H,30,31)(H,32,35). The van der Waals surface area contributed by atoms with Gasteiger partial charge in [-0.25, -0.2) is 9.97 Å². The molecule has 1 aromatic carbocycles. The quantitative estimate of drug-likeness (QED) is 0.233. The number of aliphatic hydroxyl groups is 1. The fourth-order valence-electron chi connectivity index (χ4n) is 4.45. The summed E-state index contributed by atoms with van der Waals surface area (Å²) in [6.07, 6.45) is 11.9. The van der Waals surface area contributed by atoms with Crippen molar-refractivity contribution in [3.63, 3.8) is 0 Å². The molecule has 2 aromatic heterocycles. The second-order valence-corrected chi connectivity index (χ2v) is 9.11. The number of carbonyl (C=O) groups is 1. The van der Waals surface area contributed by atoms with E-state index in [1.165, 1.54) is 12.8 Å². The largest absolute Gasteiger partial charge is 0.388 e. The molecule has 3 aromatic rings. The Balaban J connectivity index is 1.51. The SMILES string of the molecule is CCCN(CCC)CCCCNC(=O)c1ccc(C(O)C(Cc2ncc[nH]2)Cc2ncc[nH]2)cc1. The van der Waals surface area contributed by atoms with Crippen LogP contribution in [-0.2, 0) is 12.8 Å². The van der Waals surface area contributed by atoms with Crippen LogP contribution >= 0.6 is 0 Å². The van der Waals surface area contributed by atoms with Crippen molar-refractivity contribution in [1.82, 2.24) is 30.2 Å². The molecule has 0 radical (unpaired) electrons. The number of imidazole rings is 2. The lowest BCUT2D eigenvalue weighted by atomic mass is 9.89. The van der Waals surface area contributed by atoms with E-state index in [4.69, 9.17) is 0 Å². The highest BCUT2D eigenvalue weighted by molar-refractivity contribution is 5.94. The number of benzene rings is 1. The van der Waals surface area contributed by atoms with Gasteiger partial charge >= 0.3 is 0 Å². The summed E-state index contributed by atoms with van der Waals surface area (Å²) in [6, 6.07) is 7.25. The number of aliphatic hydroxyl groups excluding tert-OH is 1. The van der Waals surface area contributed by atoms with Gasteiger partial charge < -0.3 is 25.3 Å². The second kappa shape index (κ2) is 14.4. The Morgan fingerprint density at radius 2 is 1.54 bits per heavy atom. The van der Waals surface area contributed by atoms with Gasteiger partial charge in [0, 0.05) is 55.7 Å². The summed E-state index contributed by atoms with van der Waals surface area (Å²) in [5.74, 6) is 1.45. The highest BCUT2D eigenvalue weighted by Gasteiger charge is 2.24. The zero-order valence-corrected chi connectivity index (χ0v) is 21.0. The van der Waals surface area contributed by atoms with Gasteiger partial charge in [-0.1, -0.05) is 26.0 Å². The fraction of sp³-hybridized carbons (Fsp3) is 0.519. The number of unbranched alkanes of at least 4 members (excludes halogenated alkanes) is 1. The van der Waals surface area contributed by atoms with Gasteiger partial charge in [0.2, 0.25) is 0 Å². The molecule has 35 heavy (non-hydrogen) atoms. The van der Waals surface area contributed by atoms with Gasteiger partial charge in [0.05, 0.1) is 6.10 Å². The second-order valence-electron chi connectivity index (χ2n) is 9.11. The first-order valence-electron chi connectivity index (χ1n) is 12.9. The van der Waals surface area contributed by atoms with E-state index in [1.807, 2.05) is 12.1 Å². The first-order valence-corrected chi connectivity index (χ1v) is 12.9. The van der Waals surface area contributed by atoms with Crippen LogP contribution in [-0.4, -0.2) is 62.0 Å². The summed E-state index contributed by atoms with van der Waals surface area (Å²) in [6.45, 7) is 8.46. The number of amides is 1. The number of aromatic nitrogens is 4. The average Bonchev–Trinajstić information content (AvgIpc) is 3.58. The van der Waals surface area contributed by atoms with Crippen LogP contribution in [0.4, 0.5) is 0 Å². The minimum atomic E-state index is -0.712. The van der Waals surface area contributed by atoms with Crippen LogP contribution in [0.25, 0.3) is 0 Å². The Labute approximate surface area is 208 Å². The van der Waals surface area contributed by atoms with Crippen molar-refractivity contribution in [3.05, 3.63) is 71.8 Å². The van der Waals surface area contributed by atoms with Crippen LogP contribution in [0.5, 0.6) is 0 Å². The van der Waals surface area contributed by atoms with Crippen LogP contribution in [0.3, 0.4) is 0 Å². The highest BCUT2D eigenvalue weighted by atomic mass is 16.3. The first kappa shape index (κ1) is 26.6. The smallest absolute Gasteiger partial charge is 0.251 e. The molecule has 0 fully saturated rings. The third kappa shape index (κ3) is 8.64. The van der Waals surface area contributed by atoms with Gasteiger partial charge in [-0.2, -0.15) is 0 Å². The van der Waals surface area contributed by atoms with Crippen molar-refractivity contribution in [2.45, 2.75) is 58.5 Å². The van der Waals surface area contributed by atoms with Gasteiger partial charge in [-0.3, -0.25) is 4.79 Å². The van der Waals surface area contributed by atoms with Crippen LogP contribution in [0.1, 0.15) is 73.2 Å². The van der Waals surface area contributed by atoms with E-state index in [-0.39, 0.29) is 11.8 Å². The molecule has 0 aliphatic heterocycles. The number of carbonyl (C=O) groups excluding carboxylic acids is 1. The summed E-state index contributed by atoms with van der Waals surface area (Å²) in [4.78, 5) is 29.9. The predicted octanol–water partition coefficient (Wildman–Crippen LogP) is 3.90. The van der Waals surface area contributed by atoms with E-state index in [0.29, 0.717) is 24.9 Å². The number of nitrogens with one attached hydrogen (secondary N) is 3. The van der Waals surface area contributed by atoms with E-state index >= 15 is 0 Å². The molecule has 4 N–H and O–H groups in total. The summed E-state index contributed by atoms with van der Waals surface area (Å²) in [5, 5.41) is 14.2. The molecule has 0 saturated carbocycles. The van der Waals surface area contributed by atoms with Crippen molar-refractivity contribution < 1.29 is 9.90 Å². The number of H-pyrrole nitrogens is 2. The van der Waals surface area contributed by atoms with Crippen molar-refractivity contribution in [2.24, 2.45) is 5.92 Å². The number of hydrogen-bond donors (Lipinski definition) is 4. The summed E-state index contributed by atoms with van der Waals surface area (Å²) >= 11 is 0. The summed E-state index contributed by atoms with van der Waals surface area (Å²) in [7, 11) is 0. The molecule has 2 heterocycles. The van der Waals surface area contributed by atoms with Crippen molar-refractivity contribution in [3.8, 4) is 0 Å². The lowest BCUT2D eigenvalue weighted by Crippen LogP contribution is -2.28. The number of rotatable bonds is 16. The fourth-order valence-corrected chi connectivity index (χ4v) is 4.45. The molecule has 8 nitrogen and oxygen atoms in total. The van der Waals surface area contributed by atoms with E-state index < -0.39 is 6.10 Å². The topological polar surface area (TPSA) is 110 Å². The Kier molecular flexibility index (Phi) is 11.0. The van der Waals surface area contributed by atoms with E-state index in [1.54, 1.807) is 36.9 Å². The molecular formula is C27H40N6O2. The minimum absolute atomic E-state index is 0.0762. The molecule has 0 aliphatic rings. The molecule has 0 saturated heterocycles. The van der Waals surface area contributed by atoms with Crippen LogP contribution in [0, 0.1) is 5.92 Å². The molecule has 1 atom stereocenters. The zero-order valence-electron chi connectivity index (χ0n) is 21.0. The van der Waals surface area contributed by atoms with Crippen LogP contribution in [0.2, 0.25) is 0 Å². The van der Waals surface area contributed by atoms with Crippen molar-refractivity contribution in [2.75, 3.05) is 26.2 Å². The maximum atomic E-state index is 12.6. The lowest BCUT2D eigenvalue weighted by molar-refractivity contribution is 0.0950. The molecular weight excluding hydrogens is 440 g/mol. The van der Waals surface area contributed by atoms with Crippen LogP contribution in [0.15, 0.2) is 49.1 Å². The molecule has 0 aliphatic carbocycles. The Morgan fingerprint density at radius 3 is 2.06 bits per heavy atom. The van der Waals surface area contributed by atoms with E-state index in [9.17, 15) is 9.90 Å². The van der Waals surface area contributed by atoms with Crippen molar-refractivity contribution in [1.29, 1.82) is 0 Å². The maximum Gasteiger partial charge on any atom is 0.251 e. The zero-order chi connectivity index (χ0) is 24.9. The van der Waals surface area contributed by atoms with E-state index in [0.717, 1.165) is 49.7 Å². The first-order chi connectivity index (χ1) is 17.1. The maximum absolute atomic E-state index is 12.6. The molecule has 190 valence electrons. The summed E-state index contributed by atoms with van der Waals surface area (Å²) in [5.41, 5.74) is 1.38. The predicted molar refractivity (Wildman–Crippen MR) is 138 cm³/mol. The van der Waals surface area contributed by atoms with E-state index in [2.05, 4.69) is 44.0 Å². The third-order valence-electron chi connectivity index (χ3n) is 6.25. The molecule has 8 heteroatoms. The number of nitrogens with zero attached hydrogens (tertiary/aromatic N) is 3. The van der Waals surface area contributed by atoms with Gasteiger partial charge in [0.25, 0.3) is 5.91 Å². The molecule has 1 amide bonds. The Morgan fingerprint density at radius 1 is 0.943 bits per heavy atom. The average molecular weight is 481 g/mol. The summed E-state index contributed by atoms with van der Waals surface area (Å²) < 4.78 is 0. The molecule has 3 rings (SSSR count). The van der Waals surface area contributed by atoms with Crippen molar-refractivity contribution >= 4 is 5.91 Å². The third-order valence-corrected chi connectivity index (χ3v) is 6.25. The lowest BCUT2D eigenvalue weighted by Gasteiger charge is -2.22. The highest BCUT2D eigenvalue weighted by Crippen LogP contribution is 2.27. The number of aromatic amines is 2.